The zero-order valence-corrected chi connectivity index (χ0v) is 22.2. The molecule has 0 saturated carbocycles. The van der Waals surface area contributed by atoms with Crippen molar-refractivity contribution in [2.75, 3.05) is 19.5 Å². The van der Waals surface area contributed by atoms with Crippen LogP contribution in [0.2, 0.25) is 0 Å². The number of hydrogen-bond acceptors (Lipinski definition) is 8. The highest BCUT2D eigenvalue weighted by Gasteiger charge is 2.20. The van der Waals surface area contributed by atoms with Gasteiger partial charge in [-0.15, -0.1) is 0 Å². The first-order chi connectivity index (χ1) is 19.3. The molecule has 0 aliphatic rings. The summed E-state index contributed by atoms with van der Waals surface area (Å²) in [4.78, 5) is 25.9. The van der Waals surface area contributed by atoms with Crippen LogP contribution in [-0.2, 0) is 0 Å². The van der Waals surface area contributed by atoms with Gasteiger partial charge < -0.3 is 24.6 Å². The van der Waals surface area contributed by atoms with Crippen molar-refractivity contribution >= 4 is 22.6 Å². The van der Waals surface area contributed by atoms with Gasteiger partial charge in [-0.3, -0.25) is 14.8 Å². The highest BCUT2D eigenvalue weighted by Crippen LogP contribution is 2.37. The Bertz CT molecular complexity index is 1760. The molecule has 0 bridgehead atoms. The SMILES string of the molecule is COc1cnc2c(Oc3ccc(NC(=O)c4cnc(C)c(-c5ccc(OC)c(C)c5)c4O)cc3F)ccnc2c1. The number of benzene rings is 2. The van der Waals surface area contributed by atoms with E-state index in [0.29, 0.717) is 45.1 Å². The van der Waals surface area contributed by atoms with Crippen LogP contribution in [0.15, 0.2) is 67.1 Å². The van der Waals surface area contributed by atoms with Crippen LogP contribution in [0.1, 0.15) is 21.6 Å². The van der Waals surface area contributed by atoms with E-state index in [1.54, 1.807) is 38.3 Å². The molecule has 3 aromatic heterocycles. The third kappa shape index (κ3) is 5.06. The summed E-state index contributed by atoms with van der Waals surface area (Å²) in [6.45, 7) is 3.62. The Hall–Kier alpha value is -5.25. The van der Waals surface area contributed by atoms with Crippen molar-refractivity contribution in [3.63, 3.8) is 0 Å². The van der Waals surface area contributed by atoms with Crippen LogP contribution in [0.3, 0.4) is 0 Å². The molecule has 0 fully saturated rings. The number of halogens is 1. The lowest BCUT2D eigenvalue weighted by Gasteiger charge is -2.14. The first-order valence-electron chi connectivity index (χ1n) is 12.2. The zero-order chi connectivity index (χ0) is 28.4. The lowest BCUT2D eigenvalue weighted by atomic mass is 9.98. The van der Waals surface area contributed by atoms with Gasteiger partial charge in [-0.1, -0.05) is 6.07 Å². The van der Waals surface area contributed by atoms with Crippen LogP contribution in [0, 0.1) is 19.7 Å². The summed E-state index contributed by atoms with van der Waals surface area (Å²) in [6, 6.07) is 12.7. The maximum Gasteiger partial charge on any atom is 0.261 e. The molecule has 40 heavy (non-hydrogen) atoms. The molecule has 5 rings (SSSR count). The zero-order valence-electron chi connectivity index (χ0n) is 22.2. The van der Waals surface area contributed by atoms with Gasteiger partial charge in [0.2, 0.25) is 0 Å². The molecule has 0 aliphatic heterocycles. The second-order valence-electron chi connectivity index (χ2n) is 8.92. The molecule has 0 atom stereocenters. The second-order valence-corrected chi connectivity index (χ2v) is 8.92. The number of carbonyl (C=O) groups is 1. The van der Waals surface area contributed by atoms with Crippen LogP contribution in [-0.4, -0.2) is 40.2 Å². The minimum absolute atomic E-state index is 0.0560. The van der Waals surface area contributed by atoms with Crippen molar-refractivity contribution in [2.24, 2.45) is 0 Å². The number of aromatic hydroxyl groups is 1. The number of anilines is 1. The summed E-state index contributed by atoms with van der Waals surface area (Å²) in [5.74, 6) is -0.126. The first-order valence-corrected chi connectivity index (χ1v) is 12.2. The number of amides is 1. The van der Waals surface area contributed by atoms with Gasteiger partial charge in [-0.25, -0.2) is 9.37 Å². The van der Waals surface area contributed by atoms with Gasteiger partial charge >= 0.3 is 0 Å². The van der Waals surface area contributed by atoms with E-state index in [0.717, 1.165) is 11.6 Å². The predicted octanol–water partition coefficient (Wildman–Crippen LogP) is 6.22. The summed E-state index contributed by atoms with van der Waals surface area (Å²) in [6.07, 6.45) is 4.32. The minimum atomic E-state index is -0.711. The number of nitrogens with zero attached hydrogens (tertiary/aromatic N) is 3. The fourth-order valence-corrected chi connectivity index (χ4v) is 4.30. The van der Waals surface area contributed by atoms with Crippen molar-refractivity contribution in [3.05, 3.63) is 89.8 Å². The molecule has 0 radical (unpaired) electrons. The number of rotatable bonds is 7. The van der Waals surface area contributed by atoms with Crippen LogP contribution in [0.25, 0.3) is 22.2 Å². The standard InChI is InChI=1S/C30H25FN4O5/c1-16-11-18(5-7-24(16)39-4)27-17(2)33-15-21(29(27)36)30(37)35-19-6-8-25(22(31)12-19)40-26-9-10-32-23-13-20(38-3)14-34-28(23)26/h5-15H,1-4H3,(H,33,36)(H,35,37). The number of ether oxygens (including phenoxy) is 3. The van der Waals surface area contributed by atoms with E-state index in [1.165, 1.54) is 37.8 Å². The van der Waals surface area contributed by atoms with Gasteiger partial charge in [0.15, 0.2) is 17.3 Å². The number of hydrogen-bond donors (Lipinski definition) is 2. The fraction of sp³-hybridized carbons (Fsp3) is 0.133. The number of fused-ring (bicyclic) bond motifs is 1. The molecule has 2 N–H and O–H groups in total. The molecule has 10 heteroatoms. The van der Waals surface area contributed by atoms with E-state index in [-0.39, 0.29) is 22.7 Å². The molecule has 0 unspecified atom stereocenters. The molecule has 0 spiro atoms. The highest BCUT2D eigenvalue weighted by atomic mass is 19.1. The van der Waals surface area contributed by atoms with Gasteiger partial charge in [0, 0.05) is 47.5 Å². The molecule has 9 nitrogen and oxygen atoms in total. The van der Waals surface area contributed by atoms with Gasteiger partial charge in [0.25, 0.3) is 5.91 Å². The fourth-order valence-electron chi connectivity index (χ4n) is 4.30. The number of pyridine rings is 3. The van der Waals surface area contributed by atoms with Crippen molar-refractivity contribution in [3.8, 4) is 39.9 Å². The van der Waals surface area contributed by atoms with Crippen LogP contribution in [0.5, 0.6) is 28.7 Å². The Kier molecular flexibility index (Phi) is 7.15. The van der Waals surface area contributed by atoms with E-state index >= 15 is 4.39 Å². The van der Waals surface area contributed by atoms with Crippen molar-refractivity contribution in [1.29, 1.82) is 0 Å². The molecular weight excluding hydrogens is 515 g/mol. The van der Waals surface area contributed by atoms with E-state index in [1.807, 2.05) is 13.0 Å². The van der Waals surface area contributed by atoms with Gasteiger partial charge in [0.05, 0.1) is 25.9 Å². The normalized spacial score (nSPS) is 10.8. The van der Waals surface area contributed by atoms with Gasteiger partial charge in [-0.05, 0) is 49.2 Å². The maximum atomic E-state index is 15.0. The number of aryl methyl sites for hydroxylation is 2. The average Bonchev–Trinajstić information content (AvgIpc) is 2.94. The molecule has 5 aromatic rings. The third-order valence-corrected chi connectivity index (χ3v) is 6.33. The average molecular weight is 541 g/mol. The number of carbonyl (C=O) groups excluding carboxylic acids is 1. The quantitative estimate of drug-likeness (QED) is 0.250. The lowest BCUT2D eigenvalue weighted by molar-refractivity contribution is 0.102. The summed E-state index contributed by atoms with van der Waals surface area (Å²) in [5, 5.41) is 13.6. The van der Waals surface area contributed by atoms with Crippen LogP contribution < -0.4 is 19.5 Å². The molecule has 2 aromatic carbocycles. The summed E-state index contributed by atoms with van der Waals surface area (Å²) < 4.78 is 31.3. The Morgan fingerprint density at radius 1 is 0.900 bits per heavy atom. The maximum absolute atomic E-state index is 15.0. The van der Waals surface area contributed by atoms with Crippen molar-refractivity contribution in [1.82, 2.24) is 15.0 Å². The second kappa shape index (κ2) is 10.9. The van der Waals surface area contributed by atoms with Crippen LogP contribution >= 0.6 is 0 Å². The van der Waals surface area contributed by atoms with E-state index in [4.69, 9.17) is 14.2 Å². The topological polar surface area (TPSA) is 116 Å². The molecular formula is C30H25FN4O5. The Labute approximate surface area is 229 Å². The van der Waals surface area contributed by atoms with Gasteiger partial charge in [-0.2, -0.15) is 0 Å². The Morgan fingerprint density at radius 2 is 1.70 bits per heavy atom. The molecule has 3 heterocycles. The number of methoxy groups -OCH3 is 2. The van der Waals surface area contributed by atoms with E-state index < -0.39 is 11.7 Å². The summed E-state index contributed by atoms with van der Waals surface area (Å²) in [5.41, 5.74) is 3.58. The largest absolute Gasteiger partial charge is 0.506 e. The summed E-state index contributed by atoms with van der Waals surface area (Å²) >= 11 is 0. The Balaban J connectivity index is 1.38. The highest BCUT2D eigenvalue weighted by molar-refractivity contribution is 6.07. The minimum Gasteiger partial charge on any atom is -0.506 e. The number of nitrogens with one attached hydrogen (secondary N) is 1. The molecule has 0 saturated heterocycles. The third-order valence-electron chi connectivity index (χ3n) is 6.33. The first kappa shape index (κ1) is 26.4. The van der Waals surface area contributed by atoms with E-state index in [9.17, 15) is 9.90 Å². The number of aromatic nitrogens is 3. The predicted molar refractivity (Wildman–Crippen MR) is 148 cm³/mol. The Morgan fingerprint density at radius 3 is 2.42 bits per heavy atom. The monoisotopic (exact) mass is 540 g/mol. The lowest BCUT2D eigenvalue weighted by Crippen LogP contribution is -2.13. The molecule has 1 amide bonds. The van der Waals surface area contributed by atoms with Crippen LogP contribution in [0.4, 0.5) is 10.1 Å². The van der Waals surface area contributed by atoms with Crippen molar-refractivity contribution < 1.29 is 28.5 Å². The van der Waals surface area contributed by atoms with Gasteiger partial charge in [0.1, 0.15) is 28.3 Å². The molecule has 0 aliphatic carbocycles. The molecule has 202 valence electrons. The smallest absolute Gasteiger partial charge is 0.261 e. The van der Waals surface area contributed by atoms with Crippen molar-refractivity contribution in [2.45, 2.75) is 13.8 Å². The summed E-state index contributed by atoms with van der Waals surface area (Å²) in [7, 11) is 3.10. The van der Waals surface area contributed by atoms with E-state index in [2.05, 4.69) is 20.3 Å².